The van der Waals surface area contributed by atoms with Crippen LogP contribution in [0.25, 0.3) is 0 Å². The molecular weight excluding hydrogens is 489 g/mol. The van der Waals surface area contributed by atoms with Gasteiger partial charge in [0.2, 0.25) is 0 Å². The summed E-state index contributed by atoms with van der Waals surface area (Å²) in [5, 5.41) is 8.93. The second-order valence-corrected chi connectivity index (χ2v) is 10.2. The van der Waals surface area contributed by atoms with Crippen molar-refractivity contribution in [1.29, 1.82) is 0 Å². The number of nitrogens with one attached hydrogen (secondary N) is 3. The molecule has 1 aliphatic heterocycles. The van der Waals surface area contributed by atoms with E-state index >= 15 is 0 Å². The van der Waals surface area contributed by atoms with E-state index in [0.717, 1.165) is 29.0 Å². The first kappa shape index (κ1) is 28.7. The fourth-order valence-corrected chi connectivity index (χ4v) is 4.10. The standard InChI is InChI=1S/C28H38FN5O4/c1-5-34(25(35)32-23-12-8-21(29)9-13-23)27(37)33-18-15-24(16-19-33)31-22-10-6-20(7-11-22)14-17-30-26(36)38-28(2,3)4/h6-13,24,31H,5,14-19H2,1-4H3,(H,30,36)(H,32,35). The Hall–Kier alpha value is -3.82. The first-order valence-electron chi connectivity index (χ1n) is 13.0. The number of urea groups is 2. The van der Waals surface area contributed by atoms with Gasteiger partial charge < -0.3 is 25.6 Å². The lowest BCUT2D eigenvalue weighted by Crippen LogP contribution is -2.51. The van der Waals surface area contributed by atoms with Gasteiger partial charge in [-0.25, -0.2) is 23.7 Å². The molecule has 1 saturated heterocycles. The van der Waals surface area contributed by atoms with Crippen molar-refractivity contribution >= 4 is 29.5 Å². The number of hydrogen-bond acceptors (Lipinski definition) is 5. The number of rotatable bonds is 7. The molecule has 2 aromatic rings. The van der Waals surface area contributed by atoms with Crippen molar-refractivity contribution in [2.45, 2.75) is 58.6 Å². The van der Waals surface area contributed by atoms with Crippen LogP contribution < -0.4 is 16.0 Å². The molecule has 10 heteroatoms. The van der Waals surface area contributed by atoms with Crippen LogP contribution in [0.2, 0.25) is 0 Å². The summed E-state index contributed by atoms with van der Waals surface area (Å²) in [6.45, 7) is 9.02. The van der Waals surface area contributed by atoms with Gasteiger partial charge >= 0.3 is 18.2 Å². The molecule has 0 aliphatic carbocycles. The van der Waals surface area contributed by atoms with E-state index in [2.05, 4.69) is 16.0 Å². The van der Waals surface area contributed by atoms with E-state index in [0.29, 0.717) is 31.7 Å². The number of piperidine rings is 1. The summed E-state index contributed by atoms with van der Waals surface area (Å²) in [5.74, 6) is -0.397. The number of ether oxygens (including phenoxy) is 1. The van der Waals surface area contributed by atoms with E-state index in [1.165, 1.54) is 24.3 Å². The van der Waals surface area contributed by atoms with Crippen molar-refractivity contribution in [3.63, 3.8) is 0 Å². The largest absolute Gasteiger partial charge is 0.444 e. The lowest BCUT2D eigenvalue weighted by Gasteiger charge is -2.35. The van der Waals surface area contributed by atoms with Gasteiger partial charge in [0.05, 0.1) is 0 Å². The molecule has 0 aromatic heterocycles. The maximum Gasteiger partial charge on any atom is 0.407 e. The van der Waals surface area contributed by atoms with Crippen molar-refractivity contribution in [3.05, 3.63) is 59.9 Å². The second-order valence-electron chi connectivity index (χ2n) is 10.2. The van der Waals surface area contributed by atoms with E-state index in [4.69, 9.17) is 4.74 Å². The summed E-state index contributed by atoms with van der Waals surface area (Å²) < 4.78 is 18.4. The predicted octanol–water partition coefficient (Wildman–Crippen LogP) is 5.44. The van der Waals surface area contributed by atoms with Gasteiger partial charge in [-0.1, -0.05) is 12.1 Å². The lowest BCUT2D eigenvalue weighted by molar-refractivity contribution is 0.0528. The van der Waals surface area contributed by atoms with Gasteiger partial charge in [0.15, 0.2) is 0 Å². The topological polar surface area (TPSA) is 103 Å². The van der Waals surface area contributed by atoms with Gasteiger partial charge in [0.1, 0.15) is 11.4 Å². The molecule has 0 spiro atoms. The van der Waals surface area contributed by atoms with Gasteiger partial charge in [0, 0.05) is 43.6 Å². The van der Waals surface area contributed by atoms with E-state index in [9.17, 15) is 18.8 Å². The van der Waals surface area contributed by atoms with Crippen molar-refractivity contribution in [3.8, 4) is 0 Å². The minimum Gasteiger partial charge on any atom is -0.444 e. The number of benzene rings is 2. The number of likely N-dealkylation sites (tertiary alicyclic amines) is 1. The first-order chi connectivity index (χ1) is 18.0. The molecule has 2 aromatic carbocycles. The van der Waals surface area contributed by atoms with Crippen LogP contribution in [0, 0.1) is 5.82 Å². The summed E-state index contributed by atoms with van der Waals surface area (Å²) in [5.41, 5.74) is 2.00. The van der Waals surface area contributed by atoms with Crippen LogP contribution >= 0.6 is 0 Å². The second kappa shape index (κ2) is 13.1. The minimum absolute atomic E-state index is 0.210. The van der Waals surface area contributed by atoms with Gasteiger partial charge in [0.25, 0.3) is 0 Å². The molecule has 0 bridgehead atoms. The fourth-order valence-electron chi connectivity index (χ4n) is 4.10. The number of hydrogen-bond donors (Lipinski definition) is 3. The molecule has 9 nitrogen and oxygen atoms in total. The zero-order valence-electron chi connectivity index (χ0n) is 22.6. The van der Waals surface area contributed by atoms with E-state index in [-0.39, 0.29) is 18.6 Å². The predicted molar refractivity (Wildman–Crippen MR) is 146 cm³/mol. The summed E-state index contributed by atoms with van der Waals surface area (Å²) in [7, 11) is 0. The van der Waals surface area contributed by atoms with E-state index < -0.39 is 23.5 Å². The third-order valence-corrected chi connectivity index (χ3v) is 6.06. The van der Waals surface area contributed by atoms with Crippen molar-refractivity contribution in [1.82, 2.24) is 15.1 Å². The number of amides is 5. The van der Waals surface area contributed by atoms with Gasteiger partial charge in [-0.15, -0.1) is 0 Å². The van der Waals surface area contributed by atoms with Crippen molar-refractivity contribution in [2.24, 2.45) is 0 Å². The third-order valence-electron chi connectivity index (χ3n) is 6.06. The van der Waals surface area contributed by atoms with Crippen molar-refractivity contribution in [2.75, 3.05) is 36.8 Å². The Morgan fingerprint density at radius 3 is 2.18 bits per heavy atom. The maximum atomic E-state index is 13.1. The molecular formula is C28H38FN5O4. The highest BCUT2D eigenvalue weighted by atomic mass is 19.1. The van der Waals surface area contributed by atoms with Crippen LogP contribution in [0.15, 0.2) is 48.5 Å². The number of imide groups is 1. The monoisotopic (exact) mass is 527 g/mol. The van der Waals surface area contributed by atoms with Crippen molar-refractivity contribution < 1.29 is 23.5 Å². The molecule has 3 N–H and O–H groups in total. The first-order valence-corrected chi connectivity index (χ1v) is 13.0. The minimum atomic E-state index is -0.536. The molecule has 206 valence electrons. The maximum absolute atomic E-state index is 13.1. The van der Waals surface area contributed by atoms with E-state index in [1.54, 1.807) is 11.8 Å². The number of carbonyl (C=O) groups is 3. The fraction of sp³-hybridized carbons (Fsp3) is 0.464. The Bertz CT molecular complexity index is 1080. The molecule has 1 fully saturated rings. The highest BCUT2D eigenvalue weighted by molar-refractivity contribution is 6.00. The Kier molecular flexibility index (Phi) is 9.92. The zero-order valence-corrected chi connectivity index (χ0v) is 22.6. The SMILES string of the molecule is CCN(C(=O)Nc1ccc(F)cc1)C(=O)N1CCC(Nc2ccc(CCNC(=O)OC(C)(C)C)cc2)CC1. The Morgan fingerprint density at radius 2 is 1.61 bits per heavy atom. The lowest BCUT2D eigenvalue weighted by atomic mass is 10.0. The molecule has 3 rings (SSSR count). The van der Waals surface area contributed by atoms with Crippen LogP contribution in [0.5, 0.6) is 0 Å². The number of halogens is 1. The molecule has 5 amide bonds. The molecule has 0 atom stereocenters. The average molecular weight is 528 g/mol. The van der Waals surface area contributed by atoms with E-state index in [1.807, 2.05) is 45.0 Å². The normalized spacial score (nSPS) is 14.0. The van der Waals surface area contributed by atoms with Crippen LogP contribution in [0.1, 0.15) is 46.1 Å². The summed E-state index contributed by atoms with van der Waals surface area (Å²) in [6.07, 6.45) is 1.79. The summed E-state index contributed by atoms with van der Waals surface area (Å²) in [6, 6.07) is 12.8. The van der Waals surface area contributed by atoms with Crippen LogP contribution in [0.3, 0.4) is 0 Å². The zero-order chi connectivity index (χ0) is 27.7. The number of anilines is 2. The van der Waals surface area contributed by atoms with Crippen LogP contribution in [-0.4, -0.2) is 65.8 Å². The average Bonchev–Trinajstić information content (AvgIpc) is 2.86. The van der Waals surface area contributed by atoms with Gasteiger partial charge in [-0.2, -0.15) is 0 Å². The molecule has 0 radical (unpaired) electrons. The Morgan fingerprint density at radius 1 is 1.00 bits per heavy atom. The summed E-state index contributed by atoms with van der Waals surface area (Å²) >= 11 is 0. The number of nitrogens with zero attached hydrogens (tertiary/aromatic N) is 2. The number of carbonyl (C=O) groups excluding carboxylic acids is 3. The quantitative estimate of drug-likeness (QED) is 0.445. The van der Waals surface area contributed by atoms with Gasteiger partial charge in [-0.3, -0.25) is 0 Å². The third kappa shape index (κ3) is 8.93. The highest BCUT2D eigenvalue weighted by Gasteiger charge is 2.29. The van der Waals surface area contributed by atoms with Crippen LogP contribution in [-0.2, 0) is 11.2 Å². The Balaban J connectivity index is 1.42. The number of alkyl carbamates (subject to hydrolysis) is 1. The smallest absolute Gasteiger partial charge is 0.407 e. The highest BCUT2D eigenvalue weighted by Crippen LogP contribution is 2.19. The molecule has 1 aliphatic rings. The molecule has 0 saturated carbocycles. The van der Waals surface area contributed by atoms with Gasteiger partial charge in [-0.05, 0) is 88.9 Å². The van der Waals surface area contributed by atoms with Crippen LogP contribution in [0.4, 0.5) is 30.1 Å². The Labute approximate surface area is 223 Å². The molecule has 1 heterocycles. The summed E-state index contributed by atoms with van der Waals surface area (Å²) in [4.78, 5) is 40.2. The molecule has 0 unspecified atom stereocenters. The molecule has 38 heavy (non-hydrogen) atoms.